The maximum absolute atomic E-state index is 12.3. The molecule has 3 N–H and O–H groups in total. The number of nitrogens with one attached hydrogen (secondary N) is 1. The first-order valence-corrected chi connectivity index (χ1v) is 10.8. The van der Waals surface area contributed by atoms with Crippen molar-refractivity contribution in [2.75, 3.05) is 5.32 Å². The zero-order valence-electron chi connectivity index (χ0n) is 17.4. The van der Waals surface area contributed by atoms with Crippen LogP contribution in [0.5, 0.6) is 0 Å². The molecular formula is C28H26N2O. The van der Waals surface area contributed by atoms with Crippen LogP contribution >= 0.6 is 0 Å². The van der Waals surface area contributed by atoms with Gasteiger partial charge in [0.1, 0.15) is 0 Å². The van der Waals surface area contributed by atoms with Crippen LogP contribution in [0, 0.1) is 0 Å². The van der Waals surface area contributed by atoms with Crippen molar-refractivity contribution < 1.29 is 4.79 Å². The van der Waals surface area contributed by atoms with Crippen molar-refractivity contribution in [1.29, 1.82) is 0 Å². The molecule has 4 aromatic carbocycles. The van der Waals surface area contributed by atoms with E-state index in [1.165, 1.54) is 21.9 Å². The Labute approximate surface area is 182 Å². The highest BCUT2D eigenvalue weighted by molar-refractivity contribution is 5.92. The highest BCUT2D eigenvalue weighted by Crippen LogP contribution is 2.51. The standard InChI is InChI=1S/C28H26N2O/c29-28(18-21-10-11-22-8-4-5-9-24(22)16-21)19-26(28)23-12-14-25(15-13-23)30-27(31)17-20-6-2-1-3-7-20/h1-16,26H,17-19,29H2,(H,30,31)/t26?,28-/m1/s1. The van der Waals surface area contributed by atoms with Crippen molar-refractivity contribution in [2.24, 2.45) is 5.73 Å². The summed E-state index contributed by atoms with van der Waals surface area (Å²) in [4.78, 5) is 12.3. The van der Waals surface area contributed by atoms with E-state index in [0.29, 0.717) is 12.3 Å². The van der Waals surface area contributed by atoms with E-state index in [-0.39, 0.29) is 11.4 Å². The van der Waals surface area contributed by atoms with Gasteiger partial charge in [0, 0.05) is 17.1 Å². The summed E-state index contributed by atoms with van der Waals surface area (Å²) in [5.74, 6) is 0.350. The predicted octanol–water partition coefficient (Wildman–Crippen LogP) is 5.45. The molecule has 154 valence electrons. The molecule has 1 aliphatic rings. The third-order valence-electron chi connectivity index (χ3n) is 6.27. The highest BCUT2D eigenvalue weighted by Gasteiger charge is 2.51. The molecule has 1 fully saturated rings. The van der Waals surface area contributed by atoms with Crippen LogP contribution in [-0.4, -0.2) is 11.4 Å². The number of hydrogen-bond donors (Lipinski definition) is 2. The van der Waals surface area contributed by atoms with Crippen LogP contribution in [0.3, 0.4) is 0 Å². The first-order valence-electron chi connectivity index (χ1n) is 10.8. The molecule has 0 bridgehead atoms. The summed E-state index contributed by atoms with van der Waals surface area (Å²) >= 11 is 0. The minimum Gasteiger partial charge on any atom is -0.326 e. The number of anilines is 1. The smallest absolute Gasteiger partial charge is 0.228 e. The van der Waals surface area contributed by atoms with Gasteiger partial charge in [-0.3, -0.25) is 4.79 Å². The normalized spacial score (nSPS) is 19.8. The van der Waals surface area contributed by atoms with Crippen molar-refractivity contribution in [3.63, 3.8) is 0 Å². The number of fused-ring (bicyclic) bond motifs is 1. The first-order chi connectivity index (χ1) is 15.1. The van der Waals surface area contributed by atoms with Gasteiger partial charge in [-0.05, 0) is 52.4 Å². The molecule has 0 heterocycles. The summed E-state index contributed by atoms with van der Waals surface area (Å²) in [5, 5.41) is 5.50. The van der Waals surface area contributed by atoms with Gasteiger partial charge in [0.2, 0.25) is 5.91 Å². The Balaban J connectivity index is 1.21. The highest BCUT2D eigenvalue weighted by atomic mass is 16.1. The molecule has 0 aliphatic heterocycles. The van der Waals surface area contributed by atoms with E-state index in [1.807, 2.05) is 42.5 Å². The van der Waals surface area contributed by atoms with Crippen molar-refractivity contribution in [3.8, 4) is 0 Å². The molecular weight excluding hydrogens is 380 g/mol. The Morgan fingerprint density at radius 2 is 1.55 bits per heavy atom. The second kappa shape index (κ2) is 8.01. The Hall–Kier alpha value is -3.43. The van der Waals surface area contributed by atoms with Gasteiger partial charge >= 0.3 is 0 Å². The minimum absolute atomic E-state index is 0.00477. The third kappa shape index (κ3) is 4.37. The van der Waals surface area contributed by atoms with Gasteiger partial charge in [0.15, 0.2) is 0 Å². The Morgan fingerprint density at radius 1 is 0.839 bits per heavy atom. The van der Waals surface area contributed by atoms with Gasteiger partial charge < -0.3 is 11.1 Å². The topological polar surface area (TPSA) is 55.1 Å². The Kier molecular flexibility index (Phi) is 5.05. The van der Waals surface area contributed by atoms with Crippen LogP contribution in [0.1, 0.15) is 29.0 Å². The van der Waals surface area contributed by atoms with Gasteiger partial charge in [-0.2, -0.15) is 0 Å². The number of rotatable bonds is 6. The van der Waals surface area contributed by atoms with Crippen molar-refractivity contribution in [3.05, 3.63) is 114 Å². The van der Waals surface area contributed by atoms with Crippen LogP contribution < -0.4 is 11.1 Å². The molecule has 3 nitrogen and oxygen atoms in total. The van der Waals surface area contributed by atoms with Gasteiger partial charge in [-0.25, -0.2) is 0 Å². The van der Waals surface area contributed by atoms with Crippen LogP contribution in [0.25, 0.3) is 10.8 Å². The maximum atomic E-state index is 12.3. The lowest BCUT2D eigenvalue weighted by molar-refractivity contribution is -0.115. The summed E-state index contributed by atoms with van der Waals surface area (Å²) < 4.78 is 0. The molecule has 2 atom stereocenters. The average molecular weight is 407 g/mol. The molecule has 1 saturated carbocycles. The molecule has 0 aromatic heterocycles. The summed E-state index contributed by atoms with van der Waals surface area (Å²) in [5.41, 5.74) is 10.9. The van der Waals surface area contributed by atoms with E-state index in [0.717, 1.165) is 24.1 Å². The summed E-state index contributed by atoms with van der Waals surface area (Å²) in [7, 11) is 0. The molecule has 1 unspecified atom stereocenters. The van der Waals surface area contributed by atoms with E-state index in [2.05, 4.69) is 59.9 Å². The van der Waals surface area contributed by atoms with Crippen LogP contribution in [-0.2, 0) is 17.6 Å². The number of amides is 1. The average Bonchev–Trinajstić information content (AvgIpc) is 3.45. The van der Waals surface area contributed by atoms with E-state index in [9.17, 15) is 4.79 Å². The number of benzene rings is 4. The van der Waals surface area contributed by atoms with Gasteiger partial charge in [-0.15, -0.1) is 0 Å². The molecule has 4 aromatic rings. The van der Waals surface area contributed by atoms with Crippen molar-refractivity contribution >= 4 is 22.4 Å². The van der Waals surface area contributed by atoms with Crippen LogP contribution in [0.2, 0.25) is 0 Å². The third-order valence-corrected chi connectivity index (χ3v) is 6.27. The fourth-order valence-corrected chi connectivity index (χ4v) is 4.48. The molecule has 0 saturated heterocycles. The van der Waals surface area contributed by atoms with Crippen LogP contribution in [0.15, 0.2) is 97.1 Å². The number of nitrogens with two attached hydrogens (primary N) is 1. The second-order valence-electron chi connectivity index (χ2n) is 8.68. The Morgan fingerprint density at radius 3 is 2.32 bits per heavy atom. The van der Waals surface area contributed by atoms with Gasteiger partial charge in [-0.1, -0.05) is 84.9 Å². The lowest BCUT2D eigenvalue weighted by Gasteiger charge is -2.13. The van der Waals surface area contributed by atoms with E-state index in [1.54, 1.807) is 0 Å². The second-order valence-corrected chi connectivity index (χ2v) is 8.68. The molecule has 3 heteroatoms. The summed E-state index contributed by atoms with van der Waals surface area (Å²) in [6.07, 6.45) is 2.24. The first kappa shape index (κ1) is 19.5. The minimum atomic E-state index is -0.194. The number of carbonyl (C=O) groups excluding carboxylic acids is 1. The molecule has 1 amide bonds. The Bertz CT molecular complexity index is 1220. The molecule has 5 rings (SSSR count). The van der Waals surface area contributed by atoms with E-state index < -0.39 is 0 Å². The largest absolute Gasteiger partial charge is 0.326 e. The molecule has 1 aliphatic carbocycles. The van der Waals surface area contributed by atoms with Gasteiger partial charge in [0.25, 0.3) is 0 Å². The maximum Gasteiger partial charge on any atom is 0.228 e. The fourth-order valence-electron chi connectivity index (χ4n) is 4.48. The lowest BCUT2D eigenvalue weighted by Crippen LogP contribution is -2.27. The molecule has 0 radical (unpaired) electrons. The quantitative estimate of drug-likeness (QED) is 0.447. The van der Waals surface area contributed by atoms with E-state index >= 15 is 0 Å². The van der Waals surface area contributed by atoms with E-state index in [4.69, 9.17) is 5.73 Å². The van der Waals surface area contributed by atoms with Gasteiger partial charge in [0.05, 0.1) is 6.42 Å². The fraction of sp³-hybridized carbons (Fsp3) is 0.179. The zero-order chi connectivity index (χ0) is 21.3. The molecule has 31 heavy (non-hydrogen) atoms. The monoisotopic (exact) mass is 406 g/mol. The lowest BCUT2D eigenvalue weighted by atomic mass is 9.97. The summed E-state index contributed by atoms with van der Waals surface area (Å²) in [6, 6.07) is 33.0. The number of hydrogen-bond acceptors (Lipinski definition) is 2. The SMILES string of the molecule is N[C@]1(Cc2ccc3ccccc3c2)CC1c1ccc(NC(=O)Cc2ccccc2)cc1. The predicted molar refractivity (Wildman–Crippen MR) is 127 cm³/mol. The van der Waals surface area contributed by atoms with Crippen LogP contribution in [0.4, 0.5) is 5.69 Å². The molecule has 0 spiro atoms. The van der Waals surface area contributed by atoms with Crippen molar-refractivity contribution in [2.45, 2.75) is 30.7 Å². The summed E-state index contributed by atoms with van der Waals surface area (Å²) in [6.45, 7) is 0. The number of carbonyl (C=O) groups is 1. The van der Waals surface area contributed by atoms with Crippen molar-refractivity contribution in [1.82, 2.24) is 0 Å². The zero-order valence-corrected chi connectivity index (χ0v) is 17.4.